The lowest BCUT2D eigenvalue weighted by atomic mass is 9.84. The lowest BCUT2D eigenvalue weighted by molar-refractivity contribution is -0.189. The van der Waals surface area contributed by atoms with Gasteiger partial charge >= 0.3 is 12.0 Å². The van der Waals surface area contributed by atoms with Crippen LogP contribution < -0.4 is 10.7 Å². The number of amides is 4. The zero-order chi connectivity index (χ0) is 46.4. The first-order valence-corrected chi connectivity index (χ1v) is 23.4. The molecule has 65 heavy (non-hydrogen) atoms. The maximum atomic E-state index is 14.7. The molecular formula is C47H62N8O9S. The number of hydrogen-bond donors (Lipinski definition) is 3. The van der Waals surface area contributed by atoms with E-state index in [2.05, 4.69) is 40.4 Å². The number of rotatable bonds is 8. The van der Waals surface area contributed by atoms with Crippen LogP contribution in [0.4, 0.5) is 4.79 Å². The third kappa shape index (κ3) is 8.88. The average molecular weight is 915 g/mol. The van der Waals surface area contributed by atoms with E-state index in [-0.39, 0.29) is 50.5 Å². The molecule has 18 heteroatoms. The van der Waals surface area contributed by atoms with E-state index in [4.69, 9.17) is 28.9 Å². The summed E-state index contributed by atoms with van der Waals surface area (Å²) in [6, 6.07) is 7.80. The predicted molar refractivity (Wildman–Crippen MR) is 243 cm³/mol. The largest absolute Gasteiger partial charge is 0.462 e. The maximum Gasteiger partial charge on any atom is 0.355 e. The van der Waals surface area contributed by atoms with Crippen molar-refractivity contribution in [3.63, 3.8) is 0 Å². The molecule has 4 aromatic rings. The van der Waals surface area contributed by atoms with Crippen LogP contribution in [0.5, 0.6) is 0 Å². The number of cyclic esters (lactones) is 1. The molecule has 6 bridgehead atoms. The molecule has 17 nitrogen and oxygen atoms in total. The molecule has 1 aromatic carbocycles. The SMILES string of the molecule is CCn1c(-c2cccnc2[C@H](C)OC)c2c3cc(ccc31)-c1csc(n1)C[C@H](NC(=O)[C@H](C(C)C)N(C)C(=O)N1CCOCC13COC3)C(=O)N1CCC[C@@](O)(N1)C(=O)OCC(C)(C)C2. The number of urea groups is 1. The Morgan fingerprint density at radius 1 is 1.11 bits per heavy atom. The van der Waals surface area contributed by atoms with E-state index in [1.54, 1.807) is 25.3 Å². The van der Waals surface area contributed by atoms with Gasteiger partial charge in [0.2, 0.25) is 11.6 Å². The van der Waals surface area contributed by atoms with E-state index in [0.717, 1.165) is 39.0 Å². The van der Waals surface area contributed by atoms with Gasteiger partial charge in [-0.25, -0.2) is 14.6 Å². The predicted octanol–water partition coefficient (Wildman–Crippen LogP) is 4.70. The van der Waals surface area contributed by atoms with Crippen LogP contribution in [0.3, 0.4) is 0 Å². The van der Waals surface area contributed by atoms with E-state index in [1.807, 2.05) is 52.1 Å². The number of benzene rings is 1. The summed E-state index contributed by atoms with van der Waals surface area (Å²) in [6.07, 6.45) is 2.26. The highest BCUT2D eigenvalue weighted by molar-refractivity contribution is 7.10. The van der Waals surface area contributed by atoms with Gasteiger partial charge < -0.3 is 43.7 Å². The normalized spacial score (nSPS) is 23.1. The van der Waals surface area contributed by atoms with Crippen LogP contribution >= 0.6 is 11.3 Å². The summed E-state index contributed by atoms with van der Waals surface area (Å²) >= 11 is 1.37. The molecule has 4 atom stereocenters. The van der Waals surface area contributed by atoms with Gasteiger partial charge in [-0.2, -0.15) is 5.43 Å². The highest BCUT2D eigenvalue weighted by Crippen LogP contribution is 2.42. The Kier molecular flexibility index (Phi) is 13.1. The lowest BCUT2D eigenvalue weighted by Crippen LogP contribution is -2.72. The molecule has 8 rings (SSSR count). The fourth-order valence-corrected chi connectivity index (χ4v) is 10.6. The Morgan fingerprint density at radius 2 is 1.88 bits per heavy atom. The van der Waals surface area contributed by atoms with E-state index in [1.165, 1.54) is 21.2 Å². The third-order valence-electron chi connectivity index (χ3n) is 13.2. The van der Waals surface area contributed by atoms with Crippen LogP contribution in [0.1, 0.15) is 76.8 Å². The summed E-state index contributed by atoms with van der Waals surface area (Å²) in [5, 5.41) is 19.6. The van der Waals surface area contributed by atoms with Gasteiger partial charge in [0.1, 0.15) is 17.6 Å². The number of fused-ring (bicyclic) bond motifs is 6. The van der Waals surface area contributed by atoms with Crippen molar-refractivity contribution in [2.24, 2.45) is 11.3 Å². The number of pyridine rings is 1. The summed E-state index contributed by atoms with van der Waals surface area (Å²) in [6.45, 7) is 14.4. The lowest BCUT2D eigenvalue weighted by Gasteiger charge is -2.52. The summed E-state index contributed by atoms with van der Waals surface area (Å²) in [5.74, 6) is -2.35. The zero-order valence-electron chi connectivity index (χ0n) is 38.6. The molecule has 4 aliphatic rings. The standard InChI is InChI=1S/C47H62N8O9S/c1-9-53-36-14-13-30-20-32(36)33(40(53)31-12-10-16-48-38(31)29(4)61-8)22-45(5,6)24-64-43(58)47(60)15-11-17-55(51-47)42(57)34(21-37-49-35(30)23-65-37)50-41(56)39(28(2)3)52(7)44(59)54-18-19-62-25-46(54)26-63-27-46/h10,12-14,16,20,23,28-29,34,39,51,60H,9,11,15,17-19,21-22,24-27H2,1-8H3,(H,50,56)/t29-,34-,39-,47-/m0/s1. The number of aromatic nitrogens is 3. The Morgan fingerprint density at radius 3 is 2.58 bits per heavy atom. The molecule has 4 aliphatic heterocycles. The third-order valence-corrected chi connectivity index (χ3v) is 14.1. The van der Waals surface area contributed by atoms with Gasteiger partial charge in [-0.3, -0.25) is 19.6 Å². The number of nitrogens with zero attached hydrogens (tertiary/aromatic N) is 6. The molecule has 3 N–H and O–H groups in total. The number of aryl methyl sites for hydroxylation is 1. The number of likely N-dealkylation sites (N-methyl/N-ethyl adjacent to an activating group) is 1. The molecule has 7 heterocycles. The first-order valence-electron chi connectivity index (χ1n) is 22.6. The smallest absolute Gasteiger partial charge is 0.355 e. The molecule has 0 unspecified atom stereocenters. The van der Waals surface area contributed by atoms with Gasteiger partial charge in [0.15, 0.2) is 0 Å². The molecule has 1 spiro atoms. The molecule has 3 saturated heterocycles. The number of thiazole rings is 1. The summed E-state index contributed by atoms with van der Waals surface area (Å²) < 4.78 is 25.3. The van der Waals surface area contributed by atoms with E-state index in [0.29, 0.717) is 56.6 Å². The van der Waals surface area contributed by atoms with E-state index >= 15 is 0 Å². The average Bonchev–Trinajstić information content (AvgIpc) is 3.87. The number of hydrogen-bond acceptors (Lipinski definition) is 13. The molecule has 350 valence electrons. The van der Waals surface area contributed by atoms with Crippen molar-refractivity contribution in [3.05, 3.63) is 58.2 Å². The van der Waals surface area contributed by atoms with Crippen LogP contribution in [0.15, 0.2) is 41.9 Å². The Balaban J connectivity index is 1.19. The second-order valence-electron chi connectivity index (χ2n) is 19.0. The van der Waals surface area contributed by atoms with Gasteiger partial charge in [0.05, 0.1) is 61.2 Å². The monoisotopic (exact) mass is 914 g/mol. The number of methoxy groups -OCH3 is 1. The van der Waals surface area contributed by atoms with E-state index < -0.39 is 46.5 Å². The Labute approximate surface area is 383 Å². The van der Waals surface area contributed by atoms with Crippen LogP contribution in [-0.4, -0.2) is 142 Å². The van der Waals surface area contributed by atoms with Crippen LogP contribution in [0.25, 0.3) is 33.4 Å². The Hall–Kier alpha value is -4.98. The van der Waals surface area contributed by atoms with Crippen molar-refractivity contribution in [2.75, 3.05) is 60.3 Å². The topological polar surface area (TPSA) is 190 Å². The molecule has 4 amide bonds. The van der Waals surface area contributed by atoms with Crippen LogP contribution in [0.2, 0.25) is 0 Å². The zero-order valence-corrected chi connectivity index (χ0v) is 39.5. The minimum atomic E-state index is -2.22. The maximum absolute atomic E-state index is 14.7. The second kappa shape index (κ2) is 18.4. The molecule has 0 aliphatic carbocycles. The molecule has 0 radical (unpaired) electrons. The summed E-state index contributed by atoms with van der Waals surface area (Å²) in [5.41, 5.74) is 5.72. The minimum absolute atomic E-state index is 0.00218. The van der Waals surface area contributed by atoms with Crippen molar-refractivity contribution in [3.8, 4) is 22.5 Å². The molecule has 0 saturated carbocycles. The second-order valence-corrected chi connectivity index (χ2v) is 19.9. The van der Waals surface area contributed by atoms with E-state index in [9.17, 15) is 24.3 Å². The number of carbonyl (C=O) groups is 4. The number of esters is 1. The number of nitrogens with one attached hydrogen (secondary N) is 2. The number of carbonyl (C=O) groups excluding carboxylic acids is 4. The van der Waals surface area contributed by atoms with Gasteiger partial charge in [-0.1, -0.05) is 33.8 Å². The summed E-state index contributed by atoms with van der Waals surface area (Å²) in [7, 11) is 3.27. The van der Waals surface area contributed by atoms with Crippen molar-refractivity contribution < 1.29 is 43.2 Å². The fraction of sp³-hybridized carbons (Fsp3) is 0.574. The molecule has 3 fully saturated rings. The number of morpholine rings is 1. The van der Waals surface area contributed by atoms with Gasteiger partial charge in [0.25, 0.3) is 5.91 Å². The van der Waals surface area contributed by atoms with Crippen LogP contribution in [0, 0.1) is 11.3 Å². The Bertz CT molecular complexity index is 2450. The number of hydrazine groups is 1. The highest BCUT2D eigenvalue weighted by atomic mass is 32.1. The first-order chi connectivity index (χ1) is 31.0. The van der Waals surface area contributed by atoms with Gasteiger partial charge in [-0.05, 0) is 62.4 Å². The van der Waals surface area contributed by atoms with Gasteiger partial charge in [0, 0.05) is 85.7 Å². The van der Waals surface area contributed by atoms with Crippen LogP contribution in [-0.2, 0) is 52.7 Å². The highest BCUT2D eigenvalue weighted by Gasteiger charge is 2.51. The number of ether oxygens (including phenoxy) is 4. The van der Waals surface area contributed by atoms with Crippen molar-refractivity contribution in [1.29, 1.82) is 0 Å². The van der Waals surface area contributed by atoms with Crippen molar-refractivity contribution >= 4 is 46.1 Å². The van der Waals surface area contributed by atoms with Gasteiger partial charge in [-0.15, -0.1) is 11.3 Å². The first kappa shape index (κ1) is 46.5. The molecule has 3 aromatic heterocycles. The number of aliphatic hydroxyl groups is 1. The quantitative estimate of drug-likeness (QED) is 0.207. The van der Waals surface area contributed by atoms with Crippen molar-refractivity contribution in [1.82, 2.24) is 40.1 Å². The minimum Gasteiger partial charge on any atom is -0.462 e. The summed E-state index contributed by atoms with van der Waals surface area (Å²) in [4.78, 5) is 70.3. The molecular weight excluding hydrogens is 853 g/mol. The fourth-order valence-electron chi connectivity index (χ4n) is 9.70. The van der Waals surface area contributed by atoms with Crippen molar-refractivity contribution in [2.45, 2.75) is 103 Å².